The van der Waals surface area contributed by atoms with Gasteiger partial charge in [-0.15, -0.1) is 0 Å². The third kappa shape index (κ3) is 3.22. The van der Waals surface area contributed by atoms with Gasteiger partial charge < -0.3 is 15.5 Å². The van der Waals surface area contributed by atoms with Crippen molar-refractivity contribution >= 4 is 33.3 Å². The Bertz CT molecular complexity index is 649. The smallest absolute Gasteiger partial charge is 0.272 e. The molecular weight excluding hydrogens is 344 g/mol. The van der Waals surface area contributed by atoms with E-state index in [0.29, 0.717) is 24.6 Å². The highest BCUT2D eigenvalue weighted by Gasteiger charge is 2.23. The van der Waals surface area contributed by atoms with Gasteiger partial charge in [-0.1, -0.05) is 34.1 Å². The lowest BCUT2D eigenvalue weighted by Gasteiger charge is -2.36. The number of hydrogen-bond donors (Lipinski definition) is 1. The van der Waals surface area contributed by atoms with Crippen LogP contribution in [-0.4, -0.2) is 42.0 Å². The first-order chi connectivity index (χ1) is 10.6. The van der Waals surface area contributed by atoms with Crippen LogP contribution in [0.25, 0.3) is 0 Å². The van der Waals surface area contributed by atoms with Crippen molar-refractivity contribution in [1.29, 1.82) is 0 Å². The lowest BCUT2D eigenvalue weighted by molar-refractivity contribution is 0.0741. The number of anilines is 2. The first kappa shape index (κ1) is 14.8. The summed E-state index contributed by atoms with van der Waals surface area (Å²) in [7, 11) is 0. The molecule has 0 atom stereocenters. The fourth-order valence-electron chi connectivity index (χ4n) is 2.60. The van der Waals surface area contributed by atoms with E-state index >= 15 is 0 Å². The van der Waals surface area contributed by atoms with Crippen LogP contribution in [0.4, 0.5) is 11.5 Å². The molecule has 0 aliphatic carbocycles. The monoisotopic (exact) mass is 360 g/mol. The van der Waals surface area contributed by atoms with E-state index in [2.05, 4.69) is 37.9 Å². The molecule has 1 aliphatic rings. The molecule has 0 saturated carbocycles. The molecular formula is C16H17BrN4O. The van der Waals surface area contributed by atoms with Crippen molar-refractivity contribution in [2.24, 2.45) is 0 Å². The summed E-state index contributed by atoms with van der Waals surface area (Å²) in [6.45, 7) is 3.00. The minimum absolute atomic E-state index is 0.0688. The molecule has 2 N–H and O–H groups in total. The molecule has 22 heavy (non-hydrogen) atoms. The van der Waals surface area contributed by atoms with E-state index in [1.54, 1.807) is 12.1 Å². The predicted molar refractivity (Wildman–Crippen MR) is 90.9 cm³/mol. The van der Waals surface area contributed by atoms with E-state index in [9.17, 15) is 4.79 Å². The number of amides is 1. The van der Waals surface area contributed by atoms with E-state index in [4.69, 9.17) is 5.73 Å². The molecule has 2 heterocycles. The van der Waals surface area contributed by atoms with Gasteiger partial charge >= 0.3 is 0 Å². The standard InChI is InChI=1S/C16H17BrN4O/c17-12-10-14(19-15(18)11-12)16(22)21-8-6-20(7-9-21)13-4-2-1-3-5-13/h1-5,10-11H,6-9H2,(H2,18,19). The van der Waals surface area contributed by atoms with Crippen LogP contribution in [0.1, 0.15) is 10.5 Å². The van der Waals surface area contributed by atoms with Crippen molar-refractivity contribution in [1.82, 2.24) is 9.88 Å². The Labute approximate surface area is 137 Å². The fraction of sp³-hybridized carbons (Fsp3) is 0.250. The maximum absolute atomic E-state index is 12.5. The quantitative estimate of drug-likeness (QED) is 0.892. The number of aromatic nitrogens is 1. The number of rotatable bonds is 2. The predicted octanol–water partition coefficient (Wildman–Crippen LogP) is 2.39. The highest BCUT2D eigenvalue weighted by molar-refractivity contribution is 9.10. The molecule has 1 saturated heterocycles. The summed E-state index contributed by atoms with van der Waals surface area (Å²) in [5, 5.41) is 0. The maximum atomic E-state index is 12.5. The summed E-state index contributed by atoms with van der Waals surface area (Å²) < 4.78 is 0.770. The lowest BCUT2D eigenvalue weighted by Crippen LogP contribution is -2.49. The van der Waals surface area contributed by atoms with Gasteiger partial charge in [-0.2, -0.15) is 0 Å². The zero-order valence-corrected chi connectivity index (χ0v) is 13.7. The topological polar surface area (TPSA) is 62.5 Å². The van der Waals surface area contributed by atoms with Crippen LogP contribution in [0, 0.1) is 0 Å². The number of halogens is 1. The van der Waals surface area contributed by atoms with Crippen molar-refractivity contribution in [2.75, 3.05) is 36.8 Å². The maximum Gasteiger partial charge on any atom is 0.272 e. The minimum Gasteiger partial charge on any atom is -0.384 e. The number of nitrogens with zero attached hydrogens (tertiary/aromatic N) is 3. The summed E-state index contributed by atoms with van der Waals surface area (Å²) >= 11 is 3.35. The fourth-order valence-corrected chi connectivity index (χ4v) is 3.05. The van der Waals surface area contributed by atoms with Gasteiger partial charge in [0.05, 0.1) is 0 Å². The molecule has 1 fully saturated rings. The average molecular weight is 361 g/mol. The van der Waals surface area contributed by atoms with E-state index < -0.39 is 0 Å². The van der Waals surface area contributed by atoms with Crippen molar-refractivity contribution in [3.63, 3.8) is 0 Å². The van der Waals surface area contributed by atoms with Gasteiger partial charge in [0, 0.05) is 36.3 Å². The average Bonchev–Trinajstić information content (AvgIpc) is 2.54. The Morgan fingerprint density at radius 3 is 2.41 bits per heavy atom. The molecule has 114 valence electrons. The minimum atomic E-state index is -0.0688. The second kappa shape index (κ2) is 6.36. The summed E-state index contributed by atoms with van der Waals surface area (Å²) in [5.74, 6) is 0.279. The first-order valence-electron chi connectivity index (χ1n) is 7.16. The second-order valence-electron chi connectivity index (χ2n) is 5.21. The first-order valence-corrected chi connectivity index (χ1v) is 7.95. The number of hydrogen-bond acceptors (Lipinski definition) is 4. The van der Waals surface area contributed by atoms with Crippen molar-refractivity contribution in [3.8, 4) is 0 Å². The number of carbonyl (C=O) groups is 1. The molecule has 1 aromatic carbocycles. The molecule has 1 amide bonds. The van der Waals surface area contributed by atoms with Crippen LogP contribution < -0.4 is 10.6 Å². The SMILES string of the molecule is Nc1cc(Br)cc(C(=O)N2CCN(c3ccccc3)CC2)n1. The summed E-state index contributed by atoms with van der Waals surface area (Å²) in [5.41, 5.74) is 7.29. The van der Waals surface area contributed by atoms with Crippen molar-refractivity contribution in [2.45, 2.75) is 0 Å². The molecule has 6 heteroatoms. The van der Waals surface area contributed by atoms with Crippen LogP contribution >= 0.6 is 15.9 Å². The van der Waals surface area contributed by atoms with Gasteiger partial charge in [-0.25, -0.2) is 4.98 Å². The molecule has 5 nitrogen and oxygen atoms in total. The second-order valence-corrected chi connectivity index (χ2v) is 6.13. The molecule has 3 rings (SSSR count). The molecule has 0 radical (unpaired) electrons. The zero-order valence-electron chi connectivity index (χ0n) is 12.1. The Balaban J connectivity index is 1.67. The number of piperazine rings is 1. The molecule has 2 aromatic rings. The number of carbonyl (C=O) groups excluding carboxylic acids is 1. The number of nitrogen functional groups attached to an aromatic ring is 1. The molecule has 1 aromatic heterocycles. The Kier molecular flexibility index (Phi) is 4.29. The number of pyridine rings is 1. The van der Waals surface area contributed by atoms with Crippen LogP contribution in [0.2, 0.25) is 0 Å². The molecule has 0 bridgehead atoms. The molecule has 1 aliphatic heterocycles. The molecule has 0 spiro atoms. The Morgan fingerprint density at radius 2 is 1.77 bits per heavy atom. The van der Waals surface area contributed by atoms with Crippen LogP contribution in [0.5, 0.6) is 0 Å². The van der Waals surface area contributed by atoms with Crippen molar-refractivity contribution in [3.05, 3.63) is 52.6 Å². The normalized spacial score (nSPS) is 15.0. The lowest BCUT2D eigenvalue weighted by atomic mass is 10.2. The van der Waals surface area contributed by atoms with E-state index in [0.717, 1.165) is 17.6 Å². The van der Waals surface area contributed by atoms with Gasteiger partial charge in [0.2, 0.25) is 0 Å². The van der Waals surface area contributed by atoms with Crippen molar-refractivity contribution < 1.29 is 4.79 Å². The van der Waals surface area contributed by atoms with E-state index in [-0.39, 0.29) is 5.91 Å². The van der Waals surface area contributed by atoms with Gasteiger partial charge in [0.15, 0.2) is 0 Å². The third-order valence-corrected chi connectivity index (χ3v) is 4.18. The number of nitrogens with two attached hydrogens (primary N) is 1. The summed E-state index contributed by atoms with van der Waals surface area (Å²) in [6, 6.07) is 13.6. The van der Waals surface area contributed by atoms with Gasteiger partial charge in [0.1, 0.15) is 11.5 Å². The number of benzene rings is 1. The Hall–Kier alpha value is -2.08. The third-order valence-electron chi connectivity index (χ3n) is 3.72. The summed E-state index contributed by atoms with van der Waals surface area (Å²) in [6.07, 6.45) is 0. The van der Waals surface area contributed by atoms with E-state index in [1.807, 2.05) is 23.1 Å². The largest absolute Gasteiger partial charge is 0.384 e. The zero-order chi connectivity index (χ0) is 15.5. The highest BCUT2D eigenvalue weighted by Crippen LogP contribution is 2.18. The van der Waals surface area contributed by atoms with Crippen LogP contribution in [0.3, 0.4) is 0 Å². The van der Waals surface area contributed by atoms with Gasteiger partial charge in [0.25, 0.3) is 5.91 Å². The van der Waals surface area contributed by atoms with Crippen LogP contribution in [0.15, 0.2) is 46.9 Å². The molecule has 0 unspecified atom stereocenters. The van der Waals surface area contributed by atoms with Gasteiger partial charge in [-0.05, 0) is 24.3 Å². The van der Waals surface area contributed by atoms with E-state index in [1.165, 1.54) is 5.69 Å². The number of para-hydroxylation sites is 1. The van der Waals surface area contributed by atoms with Gasteiger partial charge in [-0.3, -0.25) is 4.79 Å². The highest BCUT2D eigenvalue weighted by atomic mass is 79.9. The Morgan fingerprint density at radius 1 is 1.09 bits per heavy atom. The van der Waals surface area contributed by atoms with Crippen LogP contribution in [-0.2, 0) is 0 Å². The summed E-state index contributed by atoms with van der Waals surface area (Å²) in [4.78, 5) is 20.8.